The molecule has 2 fully saturated rings. The van der Waals surface area contributed by atoms with Gasteiger partial charge in [0.2, 0.25) is 6.29 Å². The smallest absolute Gasteiger partial charge is 0.391 e. The van der Waals surface area contributed by atoms with Crippen LogP contribution in [0.5, 0.6) is 0 Å². The third kappa shape index (κ3) is 5.06. The minimum atomic E-state index is -6.68. The Bertz CT molecular complexity index is 857. The van der Waals surface area contributed by atoms with E-state index in [1.165, 1.54) is 0 Å². The van der Waals surface area contributed by atoms with E-state index in [9.17, 15) is 66.3 Å². The molecule has 2 aliphatic rings. The fourth-order valence-corrected chi connectivity index (χ4v) is 2.80. The average Bonchev–Trinajstić information content (AvgIpc) is 2.65. The second kappa shape index (κ2) is 9.35. The van der Waals surface area contributed by atoms with Gasteiger partial charge in [-0.3, -0.25) is 18.9 Å². The summed E-state index contributed by atoms with van der Waals surface area (Å²) in [6, 6.07) is 0. The molecule has 7 nitrogen and oxygen atoms in total. The lowest BCUT2D eigenvalue weighted by Crippen LogP contribution is -2.80. The van der Waals surface area contributed by atoms with Gasteiger partial charge in [0.15, 0.2) is 6.61 Å². The summed E-state index contributed by atoms with van der Waals surface area (Å²) in [5.41, 5.74) is -7.18. The maximum absolute atomic E-state index is 14.3. The predicted octanol–water partition coefficient (Wildman–Crippen LogP) is 4.72. The molecule has 2 saturated heterocycles. The monoisotopic (exact) mass is 582 g/mol. The largest absolute Gasteiger partial charge is 0.456 e. The van der Waals surface area contributed by atoms with E-state index < -0.39 is 85.6 Å². The Labute approximate surface area is 195 Å². The van der Waals surface area contributed by atoms with Crippen LogP contribution in [0.1, 0.15) is 6.92 Å². The Morgan fingerprint density at radius 3 is 1.62 bits per heavy atom. The minimum absolute atomic E-state index is 0.516. The van der Waals surface area contributed by atoms with E-state index in [-0.39, 0.29) is 0 Å². The Kier molecular flexibility index (Phi) is 7.89. The normalized spacial score (nSPS) is 31.5. The van der Waals surface area contributed by atoms with Gasteiger partial charge in [-0.25, -0.2) is 9.18 Å². The van der Waals surface area contributed by atoms with Crippen LogP contribution in [-0.4, -0.2) is 74.7 Å². The van der Waals surface area contributed by atoms with Gasteiger partial charge in [0, 0.05) is 5.57 Å². The maximum Gasteiger partial charge on any atom is 0.391 e. The number of halogens is 14. The molecule has 37 heavy (non-hydrogen) atoms. The maximum atomic E-state index is 14.3. The Morgan fingerprint density at radius 2 is 1.22 bits per heavy atom. The van der Waals surface area contributed by atoms with Gasteiger partial charge >= 0.3 is 54.2 Å². The van der Waals surface area contributed by atoms with Crippen molar-refractivity contribution in [3.63, 3.8) is 0 Å². The van der Waals surface area contributed by atoms with Crippen LogP contribution in [0.25, 0.3) is 0 Å². The molecule has 0 N–H and O–H groups in total. The van der Waals surface area contributed by atoms with E-state index in [1.54, 1.807) is 0 Å². The van der Waals surface area contributed by atoms with Crippen LogP contribution in [0.3, 0.4) is 0 Å². The Hall–Kier alpha value is -1.97. The molecular formula is C16H12F14O7. The summed E-state index contributed by atoms with van der Waals surface area (Å²) in [7, 11) is 0. The number of carbonyl (C=O) groups is 1. The van der Waals surface area contributed by atoms with Gasteiger partial charge in [-0.2, -0.15) is 57.1 Å². The molecule has 0 saturated carbocycles. The number of hydrogen-bond acceptors (Lipinski definition) is 7. The summed E-state index contributed by atoms with van der Waals surface area (Å²) in [4.78, 5) is 11.0. The fourth-order valence-electron chi connectivity index (χ4n) is 2.80. The van der Waals surface area contributed by atoms with Crippen LogP contribution in [0.4, 0.5) is 61.5 Å². The van der Waals surface area contributed by atoms with Gasteiger partial charge in [-0.15, -0.1) is 0 Å². The zero-order valence-corrected chi connectivity index (χ0v) is 17.5. The predicted molar refractivity (Wildman–Crippen MR) is 81.8 cm³/mol. The summed E-state index contributed by atoms with van der Waals surface area (Å²) in [5, 5.41) is 0. The van der Waals surface area contributed by atoms with Crippen LogP contribution in [-0.2, 0) is 33.2 Å². The molecule has 21 heteroatoms. The van der Waals surface area contributed by atoms with E-state index in [1.807, 2.05) is 0 Å². The van der Waals surface area contributed by atoms with Crippen molar-refractivity contribution in [1.82, 2.24) is 0 Å². The molecule has 2 heterocycles. The quantitative estimate of drug-likeness (QED) is 0.233. The molecule has 1 atom stereocenters. The van der Waals surface area contributed by atoms with Gasteiger partial charge in [0.25, 0.3) is 6.36 Å². The molecule has 1 unspecified atom stereocenters. The lowest BCUT2D eigenvalue weighted by Gasteiger charge is -2.55. The van der Waals surface area contributed by atoms with Gasteiger partial charge in [0.05, 0.1) is 0 Å². The highest BCUT2D eigenvalue weighted by Crippen LogP contribution is 2.70. The molecule has 216 valence electrons. The fraction of sp³-hybridized carbons (Fsp3) is 0.812. The number of rotatable bonds is 8. The van der Waals surface area contributed by atoms with Crippen molar-refractivity contribution in [2.24, 2.45) is 5.41 Å². The van der Waals surface area contributed by atoms with E-state index in [0.29, 0.717) is 0 Å². The number of esters is 1. The first kappa shape index (κ1) is 31.2. The highest BCUT2D eigenvalue weighted by atomic mass is 19.3. The molecule has 0 aromatic rings. The summed E-state index contributed by atoms with van der Waals surface area (Å²) in [6.45, 7) is -5.60. The summed E-state index contributed by atoms with van der Waals surface area (Å²) in [6.07, 6.45) is -34.8. The Balaban J connectivity index is 2.24. The first-order valence-corrected chi connectivity index (χ1v) is 9.08. The molecule has 1 spiro atoms. The molecule has 0 radical (unpaired) electrons. The average molecular weight is 582 g/mol. The lowest BCUT2D eigenvalue weighted by molar-refractivity contribution is -0.653. The topological polar surface area (TPSA) is 72.5 Å². The summed E-state index contributed by atoms with van der Waals surface area (Å²) < 4.78 is 213. The van der Waals surface area contributed by atoms with Gasteiger partial charge < -0.3 is 9.47 Å². The third-order valence-corrected chi connectivity index (χ3v) is 4.66. The van der Waals surface area contributed by atoms with Crippen LogP contribution in [0, 0.1) is 5.41 Å². The summed E-state index contributed by atoms with van der Waals surface area (Å²) >= 11 is 0. The van der Waals surface area contributed by atoms with E-state index in [2.05, 4.69) is 35.0 Å². The van der Waals surface area contributed by atoms with Crippen LogP contribution in [0.2, 0.25) is 0 Å². The SMILES string of the molecule is C=C(C)C(=O)OCC(F)(F)C(F)(F)COC(F)C1OC(F)(F)C2(C(F)(F)OC(F)OC2(F)F)C(F)(F)O1. The molecule has 0 aliphatic carbocycles. The highest BCUT2D eigenvalue weighted by molar-refractivity contribution is 5.86. The van der Waals surface area contributed by atoms with E-state index in [4.69, 9.17) is 0 Å². The number of hydrogen-bond donors (Lipinski definition) is 0. The lowest BCUT2D eigenvalue weighted by atomic mass is 9.80. The summed E-state index contributed by atoms with van der Waals surface area (Å²) in [5.74, 6) is -12.5. The van der Waals surface area contributed by atoms with Crippen molar-refractivity contribution in [1.29, 1.82) is 0 Å². The first-order valence-electron chi connectivity index (χ1n) is 9.08. The Morgan fingerprint density at radius 1 is 0.838 bits per heavy atom. The molecule has 0 bridgehead atoms. The molecule has 0 amide bonds. The second-order valence-electron chi connectivity index (χ2n) is 7.36. The van der Waals surface area contributed by atoms with Crippen LogP contribution < -0.4 is 0 Å². The minimum Gasteiger partial charge on any atom is -0.456 e. The molecular weight excluding hydrogens is 570 g/mol. The van der Waals surface area contributed by atoms with Crippen molar-refractivity contribution in [2.75, 3.05) is 13.2 Å². The van der Waals surface area contributed by atoms with E-state index in [0.717, 1.165) is 6.92 Å². The van der Waals surface area contributed by atoms with Crippen molar-refractivity contribution < 1.29 is 94.7 Å². The highest BCUT2D eigenvalue weighted by Gasteiger charge is 2.98. The van der Waals surface area contributed by atoms with Crippen molar-refractivity contribution in [2.45, 2.75) is 62.4 Å². The number of carbonyl (C=O) groups excluding carboxylic acids is 1. The zero-order chi connectivity index (χ0) is 29.0. The standard InChI is InChI=1S/C16H12F14O7/c1-5(2)7(31)33-4-11(21,22)10(19,20)3-32-6(17)8-34-13(23,24)12(14(25,26)35-8)15(27,28)36-9(18)37-16(12,29)30/h6,8-9H,1,3-4H2,2H3. The van der Waals surface area contributed by atoms with Crippen LogP contribution >= 0.6 is 0 Å². The molecule has 0 aromatic heterocycles. The van der Waals surface area contributed by atoms with Gasteiger partial charge in [0.1, 0.15) is 6.61 Å². The van der Waals surface area contributed by atoms with Crippen LogP contribution in [0.15, 0.2) is 12.2 Å². The molecule has 0 aromatic carbocycles. The molecule has 2 rings (SSSR count). The van der Waals surface area contributed by atoms with Crippen molar-refractivity contribution in [3.8, 4) is 0 Å². The number of alkyl halides is 14. The number of ether oxygens (including phenoxy) is 6. The third-order valence-electron chi connectivity index (χ3n) is 4.66. The van der Waals surface area contributed by atoms with Crippen molar-refractivity contribution in [3.05, 3.63) is 12.2 Å². The first-order chi connectivity index (χ1) is 16.4. The van der Waals surface area contributed by atoms with Gasteiger partial charge in [-0.05, 0) is 6.92 Å². The second-order valence-corrected chi connectivity index (χ2v) is 7.36. The van der Waals surface area contributed by atoms with E-state index >= 15 is 0 Å². The van der Waals surface area contributed by atoms with Crippen molar-refractivity contribution >= 4 is 5.97 Å². The molecule has 2 aliphatic heterocycles. The van der Waals surface area contributed by atoms with Gasteiger partial charge in [-0.1, -0.05) is 6.58 Å². The zero-order valence-electron chi connectivity index (χ0n) is 17.5.